The van der Waals surface area contributed by atoms with Crippen molar-refractivity contribution in [1.82, 2.24) is 0 Å². The smallest absolute Gasteiger partial charge is 0.0544 e. The lowest BCUT2D eigenvalue weighted by Gasteiger charge is -2.31. The molecule has 1 aliphatic carbocycles. The van der Waals surface area contributed by atoms with E-state index < -0.39 is 8.07 Å². The fourth-order valence-corrected chi connectivity index (χ4v) is 4.69. The molecule has 1 aliphatic rings. The van der Waals surface area contributed by atoms with Gasteiger partial charge in [0.1, 0.15) is 0 Å². The van der Waals surface area contributed by atoms with Gasteiger partial charge in [0.2, 0.25) is 0 Å². The third kappa shape index (κ3) is 2.59. The Hall–Kier alpha value is 0.177. The van der Waals surface area contributed by atoms with E-state index in [2.05, 4.69) is 19.6 Å². The number of rotatable bonds is 1. The normalized spacial score (nSPS) is 33.0. The van der Waals surface area contributed by atoms with Crippen LogP contribution in [-0.4, -0.2) is 19.3 Å². The molecule has 1 saturated carbocycles. The summed E-state index contributed by atoms with van der Waals surface area (Å²) in [6.45, 7) is 7.14. The molecule has 0 aliphatic heterocycles. The minimum atomic E-state index is -1.10. The molecule has 12 heavy (non-hydrogen) atoms. The van der Waals surface area contributed by atoms with Crippen LogP contribution in [0.2, 0.25) is 25.2 Å². The standard InChI is InChI=1S/C10H22OSi/c1-12(2,3)10-8-6-4-5-7-9(10)11/h9-11H,4-8H2,1-3H3. The summed E-state index contributed by atoms with van der Waals surface area (Å²) >= 11 is 0. The third-order valence-electron chi connectivity index (χ3n) is 3.09. The fraction of sp³-hybridized carbons (Fsp3) is 1.00. The lowest BCUT2D eigenvalue weighted by Crippen LogP contribution is -2.35. The van der Waals surface area contributed by atoms with Gasteiger partial charge < -0.3 is 5.11 Å². The van der Waals surface area contributed by atoms with Gasteiger partial charge in [-0.25, -0.2) is 0 Å². The highest BCUT2D eigenvalue weighted by atomic mass is 28.3. The quantitative estimate of drug-likeness (QED) is 0.493. The van der Waals surface area contributed by atoms with Crippen LogP contribution in [0.1, 0.15) is 32.1 Å². The molecule has 0 aromatic heterocycles. The van der Waals surface area contributed by atoms with Crippen LogP contribution < -0.4 is 0 Å². The molecule has 1 fully saturated rings. The summed E-state index contributed by atoms with van der Waals surface area (Å²) in [5, 5.41) is 9.92. The molecule has 0 saturated heterocycles. The Morgan fingerprint density at radius 3 is 2.17 bits per heavy atom. The molecule has 1 rings (SSSR count). The van der Waals surface area contributed by atoms with Crippen molar-refractivity contribution in [3.8, 4) is 0 Å². The average Bonchev–Trinajstić information content (AvgIpc) is 2.11. The van der Waals surface area contributed by atoms with Crippen molar-refractivity contribution < 1.29 is 5.11 Å². The molecule has 2 heteroatoms. The molecular weight excluding hydrogens is 164 g/mol. The predicted molar refractivity (Wildman–Crippen MR) is 56.2 cm³/mol. The molecule has 0 bridgehead atoms. The first-order valence-corrected chi connectivity index (χ1v) is 8.77. The lowest BCUT2D eigenvalue weighted by atomic mass is 10.1. The minimum absolute atomic E-state index is 0.0131. The average molecular weight is 186 g/mol. The number of hydrogen-bond acceptors (Lipinski definition) is 1. The maximum Gasteiger partial charge on any atom is 0.0544 e. The Morgan fingerprint density at radius 2 is 1.58 bits per heavy atom. The van der Waals surface area contributed by atoms with Crippen molar-refractivity contribution in [2.75, 3.05) is 0 Å². The van der Waals surface area contributed by atoms with Crippen molar-refractivity contribution in [1.29, 1.82) is 0 Å². The summed E-state index contributed by atoms with van der Waals surface area (Å²) in [6.07, 6.45) is 6.25. The Labute approximate surface area is 77.2 Å². The van der Waals surface area contributed by atoms with Gasteiger partial charge in [-0.1, -0.05) is 45.3 Å². The highest BCUT2D eigenvalue weighted by molar-refractivity contribution is 6.77. The maximum absolute atomic E-state index is 9.92. The van der Waals surface area contributed by atoms with Crippen molar-refractivity contribution in [3.63, 3.8) is 0 Å². The summed E-state index contributed by atoms with van der Waals surface area (Å²) in [4.78, 5) is 0. The van der Waals surface area contributed by atoms with E-state index in [-0.39, 0.29) is 6.10 Å². The molecule has 72 valence electrons. The van der Waals surface area contributed by atoms with E-state index in [9.17, 15) is 5.11 Å². The highest BCUT2D eigenvalue weighted by Gasteiger charge is 2.32. The van der Waals surface area contributed by atoms with E-state index in [1.54, 1.807) is 0 Å². The van der Waals surface area contributed by atoms with Gasteiger partial charge in [-0.3, -0.25) is 0 Å². The monoisotopic (exact) mass is 186 g/mol. The van der Waals surface area contributed by atoms with E-state index in [1.165, 1.54) is 25.7 Å². The summed E-state index contributed by atoms with van der Waals surface area (Å²) in [7, 11) is -1.10. The van der Waals surface area contributed by atoms with Gasteiger partial charge in [0.05, 0.1) is 14.2 Å². The van der Waals surface area contributed by atoms with Gasteiger partial charge in [-0.15, -0.1) is 0 Å². The molecule has 0 aromatic carbocycles. The van der Waals surface area contributed by atoms with Gasteiger partial charge in [-0.05, 0) is 12.0 Å². The fourth-order valence-electron chi connectivity index (χ4n) is 2.30. The first kappa shape index (κ1) is 10.3. The largest absolute Gasteiger partial charge is 0.393 e. The third-order valence-corrected chi connectivity index (χ3v) is 5.99. The molecule has 0 radical (unpaired) electrons. The zero-order chi connectivity index (χ0) is 9.19. The number of aliphatic hydroxyl groups excluding tert-OH is 1. The van der Waals surface area contributed by atoms with E-state index in [4.69, 9.17) is 0 Å². The molecule has 2 atom stereocenters. The summed E-state index contributed by atoms with van der Waals surface area (Å²) in [5.74, 6) is 0. The summed E-state index contributed by atoms with van der Waals surface area (Å²) < 4.78 is 0. The predicted octanol–water partition coefficient (Wildman–Crippen LogP) is 3.02. The number of aliphatic hydroxyl groups is 1. The van der Waals surface area contributed by atoms with Crippen molar-refractivity contribution in [2.24, 2.45) is 0 Å². The first-order chi connectivity index (χ1) is 5.52. The Kier molecular flexibility index (Phi) is 3.35. The van der Waals surface area contributed by atoms with Crippen LogP contribution in [0.5, 0.6) is 0 Å². The van der Waals surface area contributed by atoms with Crippen LogP contribution in [0.4, 0.5) is 0 Å². The van der Waals surface area contributed by atoms with Gasteiger partial charge in [0, 0.05) is 0 Å². The molecule has 1 nitrogen and oxygen atoms in total. The zero-order valence-electron chi connectivity index (χ0n) is 8.64. The van der Waals surface area contributed by atoms with Crippen LogP contribution in [-0.2, 0) is 0 Å². The van der Waals surface area contributed by atoms with Crippen LogP contribution >= 0.6 is 0 Å². The maximum atomic E-state index is 9.92. The molecular formula is C10H22OSi. The first-order valence-electron chi connectivity index (χ1n) is 5.20. The lowest BCUT2D eigenvalue weighted by molar-refractivity contribution is 0.155. The highest BCUT2D eigenvalue weighted by Crippen LogP contribution is 2.35. The van der Waals surface area contributed by atoms with Crippen LogP contribution in [0.25, 0.3) is 0 Å². The molecule has 0 aromatic rings. The second-order valence-corrected chi connectivity index (χ2v) is 10.7. The van der Waals surface area contributed by atoms with E-state index in [0.29, 0.717) is 5.54 Å². The van der Waals surface area contributed by atoms with Gasteiger partial charge >= 0.3 is 0 Å². The summed E-state index contributed by atoms with van der Waals surface area (Å²) in [5.41, 5.74) is 0.653. The van der Waals surface area contributed by atoms with Gasteiger partial charge in [0.25, 0.3) is 0 Å². The van der Waals surface area contributed by atoms with Gasteiger partial charge in [-0.2, -0.15) is 0 Å². The van der Waals surface area contributed by atoms with Crippen LogP contribution in [0, 0.1) is 0 Å². The van der Waals surface area contributed by atoms with Crippen molar-refractivity contribution >= 4 is 8.07 Å². The minimum Gasteiger partial charge on any atom is -0.393 e. The van der Waals surface area contributed by atoms with Crippen LogP contribution in [0.3, 0.4) is 0 Å². The SMILES string of the molecule is C[Si](C)(C)C1CCCCCC1O. The molecule has 0 amide bonds. The number of hydrogen-bond donors (Lipinski definition) is 1. The van der Waals surface area contributed by atoms with Crippen molar-refractivity contribution in [2.45, 2.75) is 63.4 Å². The van der Waals surface area contributed by atoms with Crippen molar-refractivity contribution in [3.05, 3.63) is 0 Å². The second-order valence-electron chi connectivity index (χ2n) is 5.18. The van der Waals surface area contributed by atoms with Gasteiger partial charge in [0.15, 0.2) is 0 Å². The topological polar surface area (TPSA) is 20.2 Å². The zero-order valence-corrected chi connectivity index (χ0v) is 9.64. The Balaban J connectivity index is 2.59. The second kappa shape index (κ2) is 3.92. The molecule has 2 unspecified atom stereocenters. The Morgan fingerprint density at radius 1 is 1.00 bits per heavy atom. The molecule has 0 spiro atoms. The van der Waals surface area contributed by atoms with E-state index in [0.717, 1.165) is 6.42 Å². The molecule has 1 N–H and O–H groups in total. The van der Waals surface area contributed by atoms with E-state index >= 15 is 0 Å². The van der Waals surface area contributed by atoms with Crippen LogP contribution in [0.15, 0.2) is 0 Å². The molecule has 0 heterocycles. The Bertz CT molecular complexity index is 139. The summed E-state index contributed by atoms with van der Waals surface area (Å²) in [6, 6.07) is 0. The van der Waals surface area contributed by atoms with E-state index in [1.807, 2.05) is 0 Å².